The first-order valence-corrected chi connectivity index (χ1v) is 7.45. The normalized spacial score (nSPS) is 17.0. The first kappa shape index (κ1) is 16.5. The third kappa shape index (κ3) is 3.65. The molecular weight excluding hydrogens is 280 g/mol. The molecule has 0 bridgehead atoms. The molecule has 120 valence electrons. The van der Waals surface area contributed by atoms with Crippen LogP contribution in [0.3, 0.4) is 0 Å². The van der Waals surface area contributed by atoms with Crippen LogP contribution in [0.4, 0.5) is 4.79 Å². The van der Waals surface area contributed by atoms with Crippen molar-refractivity contribution in [3.05, 3.63) is 35.9 Å². The molecule has 1 aromatic rings. The van der Waals surface area contributed by atoms with Crippen molar-refractivity contribution >= 4 is 12.4 Å². The van der Waals surface area contributed by atoms with Gasteiger partial charge in [0.15, 0.2) is 0 Å². The van der Waals surface area contributed by atoms with E-state index in [2.05, 4.69) is 0 Å². The van der Waals surface area contributed by atoms with Gasteiger partial charge in [-0.2, -0.15) is 0 Å². The maximum Gasteiger partial charge on any atom is 0.410 e. The van der Waals surface area contributed by atoms with E-state index in [9.17, 15) is 9.59 Å². The molecule has 0 atom stereocenters. The highest BCUT2D eigenvalue weighted by Gasteiger charge is 2.49. The van der Waals surface area contributed by atoms with Crippen molar-refractivity contribution in [1.82, 2.24) is 9.80 Å². The molecule has 1 amide bonds. The number of rotatable bonds is 4. The summed E-state index contributed by atoms with van der Waals surface area (Å²) in [6.07, 6.45) is 0.578. The van der Waals surface area contributed by atoms with Gasteiger partial charge >= 0.3 is 6.09 Å². The average Bonchev–Trinajstić information content (AvgIpc) is 2.37. The standard InChI is InChI=1S/C17H24N2O3/c1-16(2,3)22-15(21)19-11-17(12-19,13-20)18(4)10-14-8-6-5-7-9-14/h5-9,13H,10-12H2,1-4H3. The summed E-state index contributed by atoms with van der Waals surface area (Å²) >= 11 is 0. The van der Waals surface area contributed by atoms with Crippen LogP contribution in [-0.2, 0) is 16.1 Å². The van der Waals surface area contributed by atoms with E-state index in [1.807, 2.05) is 63.1 Å². The van der Waals surface area contributed by atoms with Gasteiger partial charge in [-0.05, 0) is 33.4 Å². The Bertz CT molecular complexity index is 531. The lowest BCUT2D eigenvalue weighted by molar-refractivity contribution is -0.129. The molecule has 5 heteroatoms. The number of likely N-dealkylation sites (N-methyl/N-ethyl adjacent to an activating group) is 1. The first-order chi connectivity index (χ1) is 10.3. The van der Waals surface area contributed by atoms with Gasteiger partial charge in [-0.3, -0.25) is 4.90 Å². The van der Waals surface area contributed by atoms with Crippen LogP contribution in [0.25, 0.3) is 0 Å². The van der Waals surface area contributed by atoms with Crippen LogP contribution in [0.2, 0.25) is 0 Å². The Kier molecular flexibility index (Phi) is 4.56. The molecule has 22 heavy (non-hydrogen) atoms. The zero-order valence-electron chi connectivity index (χ0n) is 13.7. The van der Waals surface area contributed by atoms with E-state index >= 15 is 0 Å². The fraction of sp³-hybridized carbons (Fsp3) is 0.529. The van der Waals surface area contributed by atoms with Crippen molar-refractivity contribution in [2.75, 3.05) is 20.1 Å². The van der Waals surface area contributed by atoms with Gasteiger partial charge in [0, 0.05) is 6.54 Å². The van der Waals surface area contributed by atoms with E-state index in [-0.39, 0.29) is 6.09 Å². The molecule has 0 N–H and O–H groups in total. The Hall–Kier alpha value is -1.88. The van der Waals surface area contributed by atoms with Crippen molar-refractivity contribution in [3.63, 3.8) is 0 Å². The van der Waals surface area contributed by atoms with Gasteiger partial charge in [0.1, 0.15) is 17.4 Å². The van der Waals surface area contributed by atoms with Crippen molar-refractivity contribution in [2.24, 2.45) is 0 Å². The molecule has 2 rings (SSSR count). The largest absolute Gasteiger partial charge is 0.444 e. The minimum Gasteiger partial charge on any atom is -0.444 e. The number of hydrogen-bond donors (Lipinski definition) is 0. The second kappa shape index (κ2) is 6.08. The summed E-state index contributed by atoms with van der Waals surface area (Å²) < 4.78 is 5.33. The SMILES string of the molecule is CN(Cc1ccccc1)C1(C=O)CN(C(=O)OC(C)(C)C)C1. The Labute approximate surface area is 131 Å². The third-order valence-corrected chi connectivity index (χ3v) is 3.82. The van der Waals surface area contributed by atoms with E-state index in [1.54, 1.807) is 4.90 Å². The number of ether oxygens (including phenoxy) is 1. The molecular formula is C17H24N2O3. The first-order valence-electron chi connectivity index (χ1n) is 7.45. The number of amides is 1. The number of nitrogens with zero attached hydrogens (tertiary/aromatic N) is 2. The highest BCUT2D eigenvalue weighted by molar-refractivity contribution is 5.76. The van der Waals surface area contributed by atoms with Crippen LogP contribution in [0, 0.1) is 0 Å². The number of hydrogen-bond acceptors (Lipinski definition) is 4. The van der Waals surface area contributed by atoms with Gasteiger partial charge in [-0.25, -0.2) is 4.79 Å². The van der Waals surface area contributed by atoms with E-state index in [1.165, 1.54) is 0 Å². The van der Waals surface area contributed by atoms with Gasteiger partial charge in [0.25, 0.3) is 0 Å². The molecule has 1 saturated heterocycles. The Morgan fingerprint density at radius 1 is 1.32 bits per heavy atom. The van der Waals surface area contributed by atoms with E-state index in [4.69, 9.17) is 4.74 Å². The van der Waals surface area contributed by atoms with Gasteiger partial charge < -0.3 is 14.4 Å². The van der Waals surface area contributed by atoms with Gasteiger partial charge in [0.2, 0.25) is 0 Å². The monoisotopic (exact) mass is 304 g/mol. The molecule has 5 nitrogen and oxygen atoms in total. The number of likely N-dealkylation sites (tertiary alicyclic amines) is 1. The number of carbonyl (C=O) groups is 2. The molecule has 0 radical (unpaired) electrons. The summed E-state index contributed by atoms with van der Waals surface area (Å²) in [5, 5.41) is 0. The molecule has 0 saturated carbocycles. The van der Waals surface area contributed by atoms with Crippen LogP contribution in [-0.4, -0.2) is 53.5 Å². The van der Waals surface area contributed by atoms with E-state index in [0.717, 1.165) is 11.8 Å². The Morgan fingerprint density at radius 3 is 2.41 bits per heavy atom. The number of aldehydes is 1. The van der Waals surface area contributed by atoms with E-state index in [0.29, 0.717) is 19.6 Å². The summed E-state index contributed by atoms with van der Waals surface area (Å²) in [6.45, 7) is 6.91. The summed E-state index contributed by atoms with van der Waals surface area (Å²) in [5.41, 5.74) is 0.00100. The third-order valence-electron chi connectivity index (χ3n) is 3.82. The molecule has 1 aliphatic heterocycles. The number of carbonyl (C=O) groups excluding carboxylic acids is 2. The fourth-order valence-corrected chi connectivity index (χ4v) is 2.49. The van der Waals surface area contributed by atoms with E-state index < -0.39 is 11.1 Å². The maximum atomic E-state index is 12.0. The Morgan fingerprint density at radius 2 is 1.91 bits per heavy atom. The Balaban J connectivity index is 1.96. The zero-order valence-corrected chi connectivity index (χ0v) is 13.7. The predicted octanol–water partition coefficient (Wildman–Crippen LogP) is 2.31. The van der Waals surface area contributed by atoms with Gasteiger partial charge in [0.05, 0.1) is 13.1 Å². The van der Waals surface area contributed by atoms with Crippen LogP contribution < -0.4 is 0 Å². The van der Waals surface area contributed by atoms with Gasteiger partial charge in [-0.1, -0.05) is 30.3 Å². The van der Waals surface area contributed by atoms with Crippen molar-refractivity contribution in [1.29, 1.82) is 0 Å². The molecule has 0 aliphatic carbocycles. The lowest BCUT2D eigenvalue weighted by Gasteiger charge is -2.51. The molecule has 0 aromatic heterocycles. The molecule has 1 fully saturated rings. The lowest BCUT2D eigenvalue weighted by atomic mass is 9.89. The van der Waals surface area contributed by atoms with Crippen LogP contribution >= 0.6 is 0 Å². The minimum atomic E-state index is -0.618. The quantitative estimate of drug-likeness (QED) is 0.801. The predicted molar refractivity (Wildman–Crippen MR) is 84.5 cm³/mol. The van der Waals surface area contributed by atoms with Crippen molar-refractivity contribution in [3.8, 4) is 0 Å². The van der Waals surface area contributed by atoms with Crippen molar-refractivity contribution in [2.45, 2.75) is 38.5 Å². The average molecular weight is 304 g/mol. The summed E-state index contributed by atoms with van der Waals surface area (Å²) in [5.74, 6) is 0. The minimum absolute atomic E-state index is 0.363. The molecule has 1 heterocycles. The lowest BCUT2D eigenvalue weighted by Crippen LogP contribution is -2.71. The smallest absolute Gasteiger partial charge is 0.410 e. The second-order valence-corrected chi connectivity index (χ2v) is 6.90. The maximum absolute atomic E-state index is 12.0. The van der Waals surface area contributed by atoms with Crippen LogP contribution in [0.1, 0.15) is 26.3 Å². The van der Waals surface area contributed by atoms with Gasteiger partial charge in [-0.15, -0.1) is 0 Å². The second-order valence-electron chi connectivity index (χ2n) is 6.90. The summed E-state index contributed by atoms with van der Waals surface area (Å²) in [4.78, 5) is 27.1. The molecule has 0 unspecified atom stereocenters. The van der Waals surface area contributed by atoms with Crippen LogP contribution in [0.15, 0.2) is 30.3 Å². The number of benzene rings is 1. The molecule has 0 spiro atoms. The highest BCUT2D eigenvalue weighted by Crippen LogP contribution is 2.28. The fourth-order valence-electron chi connectivity index (χ4n) is 2.49. The summed E-state index contributed by atoms with van der Waals surface area (Å²) in [6, 6.07) is 9.97. The van der Waals surface area contributed by atoms with Crippen molar-refractivity contribution < 1.29 is 14.3 Å². The zero-order chi connectivity index (χ0) is 16.4. The highest BCUT2D eigenvalue weighted by atomic mass is 16.6. The molecule has 1 aromatic carbocycles. The summed E-state index contributed by atoms with van der Waals surface area (Å²) in [7, 11) is 1.91. The molecule has 1 aliphatic rings. The topological polar surface area (TPSA) is 49.9 Å². The van der Waals surface area contributed by atoms with Crippen LogP contribution in [0.5, 0.6) is 0 Å².